The van der Waals surface area contributed by atoms with Crippen LogP contribution in [-0.2, 0) is 22.7 Å². The van der Waals surface area contributed by atoms with Crippen LogP contribution >= 0.6 is 10.7 Å². The Balaban J connectivity index is 2.32. The Morgan fingerprint density at radius 1 is 1.43 bits per heavy atom. The summed E-state index contributed by atoms with van der Waals surface area (Å²) in [5.41, 5.74) is 0.188. The topological polar surface area (TPSA) is 104 Å². The molecule has 0 radical (unpaired) electrons. The van der Waals surface area contributed by atoms with Crippen LogP contribution in [0, 0.1) is 10.1 Å². The lowest BCUT2D eigenvalue weighted by molar-refractivity contribution is -0.385. The fraction of sp³-hybridized carbons (Fsp3) is 0.182. The minimum Gasteiger partial charge on any atom is -0.486 e. The summed E-state index contributed by atoms with van der Waals surface area (Å²) in [5, 5.41) is 14.8. The van der Waals surface area contributed by atoms with Crippen molar-refractivity contribution in [2.45, 2.75) is 11.5 Å². The molecule has 2 rings (SSSR count). The maximum atomic E-state index is 11.5. The van der Waals surface area contributed by atoms with Gasteiger partial charge in [0.25, 0.3) is 14.7 Å². The molecule has 0 spiro atoms. The predicted octanol–water partition coefficient (Wildman–Crippen LogP) is 1.83. The van der Waals surface area contributed by atoms with Gasteiger partial charge in [-0.25, -0.2) is 8.42 Å². The second kappa shape index (κ2) is 5.70. The standard InChI is InChI=1S/C11H10ClN3O5S/c1-14-5-4-8(13-14)7-20-10-3-2-9(15(16)17)6-11(10)21(12,18)19/h2-6H,7H2,1H3. The van der Waals surface area contributed by atoms with Crippen molar-refractivity contribution in [3.8, 4) is 5.75 Å². The van der Waals surface area contributed by atoms with Crippen molar-refractivity contribution in [3.63, 3.8) is 0 Å². The van der Waals surface area contributed by atoms with Crippen molar-refractivity contribution in [1.82, 2.24) is 9.78 Å². The van der Waals surface area contributed by atoms with E-state index in [1.54, 1.807) is 24.0 Å². The molecule has 1 heterocycles. The minimum absolute atomic E-state index is 0.0120. The zero-order chi connectivity index (χ0) is 15.6. The molecule has 0 aliphatic rings. The second-order valence-corrected chi connectivity index (χ2v) is 6.63. The molecule has 0 fully saturated rings. The van der Waals surface area contributed by atoms with Gasteiger partial charge in [-0.2, -0.15) is 5.10 Å². The summed E-state index contributed by atoms with van der Waals surface area (Å²) < 4.78 is 29.9. The number of aryl methyl sites for hydroxylation is 1. The first-order chi connectivity index (χ1) is 9.77. The fourth-order valence-electron chi connectivity index (χ4n) is 1.61. The maximum Gasteiger partial charge on any atom is 0.271 e. The molecule has 0 N–H and O–H groups in total. The Morgan fingerprint density at radius 2 is 2.14 bits per heavy atom. The lowest BCUT2D eigenvalue weighted by atomic mass is 10.3. The number of hydrogen-bond donors (Lipinski definition) is 0. The number of hydrogen-bond acceptors (Lipinski definition) is 6. The molecular formula is C11H10ClN3O5S. The van der Waals surface area contributed by atoms with Gasteiger partial charge in [-0.05, 0) is 12.1 Å². The Hall–Kier alpha value is -2.13. The van der Waals surface area contributed by atoms with Crippen molar-refractivity contribution in [3.05, 3.63) is 46.3 Å². The van der Waals surface area contributed by atoms with Gasteiger partial charge >= 0.3 is 0 Å². The molecule has 0 saturated heterocycles. The van der Waals surface area contributed by atoms with Gasteiger partial charge in [-0.15, -0.1) is 0 Å². The zero-order valence-corrected chi connectivity index (χ0v) is 12.3. The van der Waals surface area contributed by atoms with Gasteiger partial charge in [0.05, 0.1) is 10.6 Å². The number of non-ortho nitro benzene ring substituents is 1. The molecule has 2 aromatic rings. The van der Waals surface area contributed by atoms with Crippen LogP contribution in [-0.4, -0.2) is 23.1 Å². The first-order valence-corrected chi connectivity index (χ1v) is 7.93. The third-order valence-corrected chi connectivity index (χ3v) is 3.89. The van der Waals surface area contributed by atoms with Crippen LogP contribution in [0.3, 0.4) is 0 Å². The summed E-state index contributed by atoms with van der Waals surface area (Å²) in [5.74, 6) is -0.0683. The molecule has 21 heavy (non-hydrogen) atoms. The van der Waals surface area contributed by atoms with E-state index in [1.807, 2.05) is 0 Å². The number of halogens is 1. The molecule has 0 unspecified atom stereocenters. The van der Waals surface area contributed by atoms with E-state index in [-0.39, 0.29) is 18.0 Å². The molecule has 8 nitrogen and oxygen atoms in total. The van der Waals surface area contributed by atoms with E-state index in [1.165, 1.54) is 6.07 Å². The smallest absolute Gasteiger partial charge is 0.271 e. The molecule has 0 aliphatic carbocycles. The summed E-state index contributed by atoms with van der Waals surface area (Å²) in [6.45, 7) is 0.0120. The Morgan fingerprint density at radius 3 is 2.67 bits per heavy atom. The zero-order valence-electron chi connectivity index (χ0n) is 10.8. The van der Waals surface area contributed by atoms with Crippen LogP contribution in [0.15, 0.2) is 35.4 Å². The Bertz CT molecular complexity index is 787. The van der Waals surface area contributed by atoms with E-state index >= 15 is 0 Å². The normalized spacial score (nSPS) is 11.3. The van der Waals surface area contributed by atoms with Crippen molar-refractivity contribution in [2.75, 3.05) is 0 Å². The van der Waals surface area contributed by atoms with Crippen molar-refractivity contribution < 1.29 is 18.1 Å². The van der Waals surface area contributed by atoms with Crippen molar-refractivity contribution in [1.29, 1.82) is 0 Å². The second-order valence-electron chi connectivity index (χ2n) is 4.10. The van der Waals surface area contributed by atoms with E-state index in [9.17, 15) is 18.5 Å². The SMILES string of the molecule is Cn1ccc(COc2ccc([N+](=O)[O-])cc2S(=O)(=O)Cl)n1. The van der Waals surface area contributed by atoms with Crippen LogP contribution in [0.4, 0.5) is 5.69 Å². The summed E-state index contributed by atoms with van der Waals surface area (Å²) >= 11 is 0. The van der Waals surface area contributed by atoms with Gasteiger partial charge in [0.15, 0.2) is 0 Å². The molecule has 0 amide bonds. The van der Waals surface area contributed by atoms with E-state index in [0.717, 1.165) is 12.1 Å². The van der Waals surface area contributed by atoms with Crippen molar-refractivity contribution >= 4 is 25.4 Å². The molecule has 0 aliphatic heterocycles. The van der Waals surface area contributed by atoms with E-state index < -0.39 is 18.9 Å². The number of nitro groups is 1. The molecule has 10 heteroatoms. The summed E-state index contributed by atoms with van der Waals surface area (Å²) in [6, 6.07) is 4.88. The summed E-state index contributed by atoms with van der Waals surface area (Å²) in [7, 11) is 2.83. The van der Waals surface area contributed by atoms with Gasteiger partial charge in [0.1, 0.15) is 17.3 Å². The van der Waals surface area contributed by atoms with Gasteiger partial charge in [0, 0.05) is 36.1 Å². The Kier molecular flexibility index (Phi) is 4.14. The molecule has 0 saturated carbocycles. The molecule has 0 bridgehead atoms. The number of nitrogens with zero attached hydrogens (tertiary/aromatic N) is 3. The van der Waals surface area contributed by atoms with Crippen LogP contribution in [0.1, 0.15) is 5.69 Å². The third-order valence-electron chi connectivity index (χ3n) is 2.55. The van der Waals surface area contributed by atoms with Gasteiger partial charge in [-0.3, -0.25) is 14.8 Å². The Labute approximate surface area is 124 Å². The van der Waals surface area contributed by atoms with Crippen LogP contribution in [0.25, 0.3) is 0 Å². The highest BCUT2D eigenvalue weighted by molar-refractivity contribution is 8.13. The quantitative estimate of drug-likeness (QED) is 0.470. The summed E-state index contributed by atoms with van der Waals surface area (Å²) in [4.78, 5) is 9.52. The average molecular weight is 332 g/mol. The molecule has 1 aromatic carbocycles. The predicted molar refractivity (Wildman–Crippen MR) is 73.7 cm³/mol. The highest BCUT2D eigenvalue weighted by Crippen LogP contribution is 2.31. The average Bonchev–Trinajstić information content (AvgIpc) is 2.81. The highest BCUT2D eigenvalue weighted by Gasteiger charge is 2.21. The first-order valence-electron chi connectivity index (χ1n) is 5.62. The maximum absolute atomic E-state index is 11.5. The highest BCUT2D eigenvalue weighted by atomic mass is 35.7. The monoisotopic (exact) mass is 331 g/mol. The van der Waals surface area contributed by atoms with Crippen LogP contribution < -0.4 is 4.74 Å². The molecule has 112 valence electrons. The molecule has 1 aromatic heterocycles. The lowest BCUT2D eigenvalue weighted by Crippen LogP contribution is -2.03. The number of rotatable bonds is 5. The number of nitro benzene ring substituents is 1. The van der Waals surface area contributed by atoms with Gasteiger partial charge in [-0.1, -0.05) is 0 Å². The molecular weight excluding hydrogens is 322 g/mol. The van der Waals surface area contributed by atoms with E-state index in [0.29, 0.717) is 5.69 Å². The first kappa shape index (κ1) is 15.3. The largest absolute Gasteiger partial charge is 0.486 e. The third kappa shape index (κ3) is 3.70. The van der Waals surface area contributed by atoms with E-state index in [4.69, 9.17) is 15.4 Å². The van der Waals surface area contributed by atoms with Gasteiger partial charge in [0.2, 0.25) is 0 Å². The van der Waals surface area contributed by atoms with Crippen LogP contribution in [0.5, 0.6) is 5.75 Å². The summed E-state index contributed by atoms with van der Waals surface area (Å²) in [6.07, 6.45) is 1.70. The minimum atomic E-state index is -4.17. The number of ether oxygens (including phenoxy) is 1. The van der Waals surface area contributed by atoms with Crippen molar-refractivity contribution in [2.24, 2.45) is 7.05 Å². The van der Waals surface area contributed by atoms with E-state index in [2.05, 4.69) is 5.10 Å². The number of aromatic nitrogens is 2. The molecule has 0 atom stereocenters. The number of benzene rings is 1. The fourth-order valence-corrected chi connectivity index (χ4v) is 2.60. The lowest BCUT2D eigenvalue weighted by Gasteiger charge is -2.08. The van der Waals surface area contributed by atoms with Gasteiger partial charge < -0.3 is 4.74 Å². The van der Waals surface area contributed by atoms with Crippen LogP contribution in [0.2, 0.25) is 0 Å².